The van der Waals surface area contributed by atoms with Gasteiger partial charge in [0.05, 0.1) is 17.7 Å². The molecule has 2 aromatic rings. The number of rotatable bonds is 1. The first kappa shape index (κ1) is 10.1. The summed E-state index contributed by atoms with van der Waals surface area (Å²) in [4.78, 5) is 4.16. The Morgan fingerprint density at radius 3 is 3.22 bits per heavy atom. The molecule has 92 valence electrons. The molecule has 0 bridgehead atoms. The van der Waals surface area contributed by atoms with Crippen LogP contribution in [0.4, 0.5) is 0 Å². The number of hydrogen-bond acceptors (Lipinski definition) is 2. The van der Waals surface area contributed by atoms with Crippen molar-refractivity contribution in [1.29, 1.82) is 0 Å². The summed E-state index contributed by atoms with van der Waals surface area (Å²) in [5, 5.41) is 3.49. The minimum atomic E-state index is 1.00. The van der Waals surface area contributed by atoms with Crippen molar-refractivity contribution >= 4 is 5.57 Å². The van der Waals surface area contributed by atoms with Crippen molar-refractivity contribution < 1.29 is 0 Å². The molecular weight excluding hydrogens is 224 g/mol. The number of hydrogen-bond donors (Lipinski definition) is 1. The third-order valence-electron chi connectivity index (χ3n) is 3.88. The Hall–Kier alpha value is -1.81. The van der Waals surface area contributed by atoms with E-state index in [0.717, 1.165) is 32.5 Å². The second kappa shape index (κ2) is 3.85. The van der Waals surface area contributed by atoms with Crippen LogP contribution < -0.4 is 5.32 Å². The Kier molecular flexibility index (Phi) is 2.17. The fourth-order valence-corrected chi connectivity index (χ4v) is 3.08. The highest BCUT2D eigenvalue weighted by Crippen LogP contribution is 2.33. The largest absolute Gasteiger partial charge is 0.344 e. The third kappa shape index (κ3) is 1.39. The Morgan fingerprint density at radius 1 is 1.33 bits per heavy atom. The van der Waals surface area contributed by atoms with E-state index in [2.05, 4.69) is 31.7 Å². The SMILES string of the molecule is C1=C2CNCCn3cc(-n4ccnc4)c(c32)CC1. The summed E-state index contributed by atoms with van der Waals surface area (Å²) in [6.07, 6.45) is 12.7. The van der Waals surface area contributed by atoms with Crippen LogP contribution in [0, 0.1) is 0 Å². The minimum Gasteiger partial charge on any atom is -0.344 e. The first-order valence-corrected chi connectivity index (χ1v) is 6.54. The summed E-state index contributed by atoms with van der Waals surface area (Å²) in [7, 11) is 0. The van der Waals surface area contributed by atoms with Gasteiger partial charge in [-0.3, -0.25) is 0 Å². The molecule has 0 saturated heterocycles. The topological polar surface area (TPSA) is 34.8 Å². The van der Waals surface area contributed by atoms with Crippen molar-refractivity contribution in [3.05, 3.63) is 42.3 Å². The summed E-state index contributed by atoms with van der Waals surface area (Å²) in [5.74, 6) is 0. The standard InChI is InChI=1S/C14H16N4/c1-2-11-8-15-4-6-17-9-13(12(3-1)14(11)17)18-7-5-16-10-18/h2,5,7,9-10,15H,1,3-4,6,8H2. The van der Waals surface area contributed by atoms with Crippen LogP contribution in [0.25, 0.3) is 11.3 Å². The Morgan fingerprint density at radius 2 is 2.33 bits per heavy atom. The van der Waals surface area contributed by atoms with Gasteiger partial charge in [-0.1, -0.05) is 6.08 Å². The molecular formula is C14H16N4. The van der Waals surface area contributed by atoms with Crippen LogP contribution in [0.15, 0.2) is 31.0 Å². The minimum absolute atomic E-state index is 1.00. The second-order valence-corrected chi connectivity index (χ2v) is 4.95. The molecule has 4 rings (SSSR count). The van der Waals surface area contributed by atoms with E-state index in [1.165, 1.54) is 22.5 Å². The quantitative estimate of drug-likeness (QED) is 0.821. The molecule has 2 aromatic heterocycles. The zero-order valence-corrected chi connectivity index (χ0v) is 10.3. The van der Waals surface area contributed by atoms with Gasteiger partial charge >= 0.3 is 0 Å². The van der Waals surface area contributed by atoms with Crippen LogP contribution in [0.2, 0.25) is 0 Å². The number of allylic oxidation sites excluding steroid dienone is 1. The van der Waals surface area contributed by atoms with Crippen molar-refractivity contribution in [3.8, 4) is 5.69 Å². The van der Waals surface area contributed by atoms with E-state index in [1.807, 2.05) is 18.7 Å². The number of aromatic nitrogens is 3. The molecule has 1 aliphatic heterocycles. The predicted octanol–water partition coefficient (Wildman–Crippen LogP) is 1.61. The zero-order chi connectivity index (χ0) is 11.9. The van der Waals surface area contributed by atoms with E-state index in [0.29, 0.717) is 0 Å². The molecule has 18 heavy (non-hydrogen) atoms. The maximum Gasteiger partial charge on any atom is 0.0992 e. The van der Waals surface area contributed by atoms with E-state index in [1.54, 1.807) is 0 Å². The molecule has 1 N–H and O–H groups in total. The fraction of sp³-hybridized carbons (Fsp3) is 0.357. The highest BCUT2D eigenvalue weighted by Gasteiger charge is 2.23. The first-order valence-electron chi connectivity index (χ1n) is 6.54. The Balaban J connectivity index is 1.94. The molecule has 0 spiro atoms. The van der Waals surface area contributed by atoms with Crippen molar-refractivity contribution in [2.75, 3.05) is 13.1 Å². The second-order valence-electron chi connectivity index (χ2n) is 4.95. The lowest BCUT2D eigenvalue weighted by Gasteiger charge is -2.15. The molecule has 0 atom stereocenters. The molecule has 4 heteroatoms. The zero-order valence-electron chi connectivity index (χ0n) is 10.3. The van der Waals surface area contributed by atoms with Gasteiger partial charge in [0.15, 0.2) is 0 Å². The van der Waals surface area contributed by atoms with Crippen molar-refractivity contribution in [3.63, 3.8) is 0 Å². The summed E-state index contributed by atoms with van der Waals surface area (Å²) in [5.41, 5.74) is 5.68. The molecule has 0 amide bonds. The fourth-order valence-electron chi connectivity index (χ4n) is 3.08. The van der Waals surface area contributed by atoms with Crippen molar-refractivity contribution in [2.45, 2.75) is 19.4 Å². The van der Waals surface area contributed by atoms with E-state index in [9.17, 15) is 0 Å². The summed E-state index contributed by atoms with van der Waals surface area (Å²) in [6, 6.07) is 0. The lowest BCUT2D eigenvalue weighted by Crippen LogP contribution is -2.17. The highest BCUT2D eigenvalue weighted by atomic mass is 15.1. The van der Waals surface area contributed by atoms with Gasteiger partial charge in [0.1, 0.15) is 0 Å². The van der Waals surface area contributed by atoms with Crippen molar-refractivity contribution in [1.82, 2.24) is 19.4 Å². The monoisotopic (exact) mass is 240 g/mol. The van der Waals surface area contributed by atoms with Gasteiger partial charge in [0.25, 0.3) is 0 Å². The Bertz CT molecular complexity index is 604. The maximum atomic E-state index is 4.16. The van der Waals surface area contributed by atoms with Gasteiger partial charge in [-0.15, -0.1) is 0 Å². The molecule has 0 radical (unpaired) electrons. The molecule has 1 aliphatic carbocycles. The normalized spacial score (nSPS) is 18.1. The molecule has 4 nitrogen and oxygen atoms in total. The average Bonchev–Trinajstić information content (AvgIpc) is 2.97. The van der Waals surface area contributed by atoms with Gasteiger partial charge in [-0.2, -0.15) is 0 Å². The van der Waals surface area contributed by atoms with Gasteiger partial charge < -0.3 is 14.5 Å². The molecule has 2 aliphatic rings. The summed E-state index contributed by atoms with van der Waals surface area (Å²) in [6.45, 7) is 3.09. The summed E-state index contributed by atoms with van der Waals surface area (Å²) < 4.78 is 4.53. The van der Waals surface area contributed by atoms with E-state index in [-0.39, 0.29) is 0 Å². The van der Waals surface area contributed by atoms with Crippen LogP contribution in [0.5, 0.6) is 0 Å². The molecule has 0 fully saturated rings. The van der Waals surface area contributed by atoms with Crippen LogP contribution in [-0.2, 0) is 13.0 Å². The maximum absolute atomic E-state index is 4.16. The van der Waals surface area contributed by atoms with Crippen LogP contribution in [0.3, 0.4) is 0 Å². The smallest absolute Gasteiger partial charge is 0.0992 e. The molecule has 0 saturated carbocycles. The van der Waals surface area contributed by atoms with Crippen LogP contribution >= 0.6 is 0 Å². The average molecular weight is 240 g/mol. The lowest BCUT2D eigenvalue weighted by molar-refractivity contribution is 0.649. The van der Waals surface area contributed by atoms with Gasteiger partial charge in [-0.05, 0) is 18.4 Å². The molecule has 0 aromatic carbocycles. The van der Waals surface area contributed by atoms with Crippen LogP contribution in [-0.4, -0.2) is 27.2 Å². The van der Waals surface area contributed by atoms with E-state index < -0.39 is 0 Å². The highest BCUT2D eigenvalue weighted by molar-refractivity contribution is 5.73. The van der Waals surface area contributed by atoms with Crippen LogP contribution in [0.1, 0.15) is 17.7 Å². The lowest BCUT2D eigenvalue weighted by atomic mass is 9.96. The Labute approximate surface area is 106 Å². The van der Waals surface area contributed by atoms with E-state index in [4.69, 9.17) is 0 Å². The number of nitrogens with one attached hydrogen (secondary N) is 1. The molecule has 0 unspecified atom stereocenters. The predicted molar refractivity (Wildman–Crippen MR) is 70.7 cm³/mol. The first-order chi connectivity index (χ1) is 8.93. The summed E-state index contributed by atoms with van der Waals surface area (Å²) >= 11 is 0. The van der Waals surface area contributed by atoms with Gasteiger partial charge in [0.2, 0.25) is 0 Å². The third-order valence-corrected chi connectivity index (χ3v) is 3.88. The number of imidazole rings is 1. The van der Waals surface area contributed by atoms with Gasteiger partial charge in [0, 0.05) is 43.8 Å². The number of nitrogens with zero attached hydrogens (tertiary/aromatic N) is 3. The van der Waals surface area contributed by atoms with Crippen molar-refractivity contribution in [2.24, 2.45) is 0 Å². The molecule has 3 heterocycles. The van der Waals surface area contributed by atoms with E-state index >= 15 is 0 Å². The van der Waals surface area contributed by atoms with Gasteiger partial charge in [-0.25, -0.2) is 4.98 Å².